The molecule has 1 saturated heterocycles. The highest BCUT2D eigenvalue weighted by molar-refractivity contribution is 5.77. The zero-order chi connectivity index (χ0) is 16.4. The number of amides is 3. The maximum Gasteiger partial charge on any atom is 0.407 e. The number of hydrogen-bond acceptors (Lipinski definition) is 4. The maximum absolute atomic E-state index is 12.0. The average molecular weight is 311 g/mol. The first-order valence-electron chi connectivity index (χ1n) is 7.59. The molecule has 0 aromatic carbocycles. The molecule has 7 nitrogen and oxygen atoms in total. The fourth-order valence-electron chi connectivity index (χ4n) is 2.21. The van der Waals surface area contributed by atoms with Crippen LogP contribution in [0, 0.1) is 0 Å². The highest BCUT2D eigenvalue weighted by atomic mass is 16.5. The van der Waals surface area contributed by atoms with E-state index in [4.69, 9.17) is 4.74 Å². The van der Waals surface area contributed by atoms with E-state index in [2.05, 4.69) is 11.9 Å². The second kappa shape index (κ2) is 9.81. The fourth-order valence-corrected chi connectivity index (χ4v) is 2.21. The number of unbranched alkanes of at least 4 members (excludes halogenated alkanes) is 1. The summed E-state index contributed by atoms with van der Waals surface area (Å²) in [6.45, 7) is 8.10. The van der Waals surface area contributed by atoms with Crippen LogP contribution in [0.15, 0.2) is 12.7 Å². The van der Waals surface area contributed by atoms with Crippen LogP contribution >= 0.6 is 0 Å². The van der Waals surface area contributed by atoms with Gasteiger partial charge in [0, 0.05) is 46.1 Å². The zero-order valence-electron chi connectivity index (χ0n) is 13.2. The van der Waals surface area contributed by atoms with Crippen molar-refractivity contribution in [3.63, 3.8) is 0 Å². The second-order valence-electron chi connectivity index (χ2n) is 5.16. The first-order valence-corrected chi connectivity index (χ1v) is 7.59. The van der Waals surface area contributed by atoms with E-state index in [-0.39, 0.29) is 18.4 Å². The number of carbonyl (C=O) groups is 3. The van der Waals surface area contributed by atoms with Gasteiger partial charge in [-0.2, -0.15) is 0 Å². The highest BCUT2D eigenvalue weighted by Crippen LogP contribution is 2.06. The Labute approximate surface area is 131 Å². The smallest absolute Gasteiger partial charge is 0.407 e. The van der Waals surface area contributed by atoms with Crippen molar-refractivity contribution < 1.29 is 19.1 Å². The van der Waals surface area contributed by atoms with E-state index < -0.39 is 6.09 Å². The van der Waals surface area contributed by atoms with Gasteiger partial charge in [-0.05, 0) is 12.8 Å². The molecule has 1 aliphatic heterocycles. The minimum atomic E-state index is -0.466. The number of hydrogen-bond donors (Lipinski definition) is 1. The quantitative estimate of drug-likeness (QED) is 0.556. The van der Waals surface area contributed by atoms with E-state index in [1.54, 1.807) is 16.7 Å². The standard InChI is InChI=1S/C15H25N3O4/c1-3-12-22-15(21)16-7-5-4-6-14(20)18-10-8-17(9-11-18)13(2)19/h3H,1,4-12H2,2H3,(H,16,21). The van der Waals surface area contributed by atoms with Gasteiger partial charge in [0.15, 0.2) is 0 Å². The number of piperazine rings is 1. The van der Waals surface area contributed by atoms with Crippen LogP contribution in [-0.2, 0) is 14.3 Å². The molecule has 0 radical (unpaired) electrons. The van der Waals surface area contributed by atoms with E-state index in [1.807, 2.05) is 0 Å². The average Bonchev–Trinajstić information content (AvgIpc) is 2.52. The Kier molecular flexibility index (Phi) is 8.03. The highest BCUT2D eigenvalue weighted by Gasteiger charge is 2.21. The molecule has 0 aromatic heterocycles. The third-order valence-electron chi connectivity index (χ3n) is 3.50. The molecule has 0 bridgehead atoms. The first-order chi connectivity index (χ1) is 10.5. The molecule has 1 heterocycles. The van der Waals surface area contributed by atoms with E-state index in [0.717, 1.165) is 6.42 Å². The molecule has 1 aliphatic rings. The third-order valence-corrected chi connectivity index (χ3v) is 3.50. The van der Waals surface area contributed by atoms with Crippen molar-refractivity contribution in [1.82, 2.24) is 15.1 Å². The van der Waals surface area contributed by atoms with Gasteiger partial charge in [0.25, 0.3) is 0 Å². The Morgan fingerprint density at radius 3 is 2.36 bits per heavy atom. The van der Waals surface area contributed by atoms with Crippen LogP contribution in [0.25, 0.3) is 0 Å². The van der Waals surface area contributed by atoms with E-state index in [1.165, 1.54) is 6.08 Å². The third kappa shape index (κ3) is 6.60. The number of rotatable bonds is 7. The van der Waals surface area contributed by atoms with Crippen LogP contribution in [0.1, 0.15) is 26.2 Å². The van der Waals surface area contributed by atoms with Crippen molar-refractivity contribution in [2.24, 2.45) is 0 Å². The summed E-state index contributed by atoms with van der Waals surface area (Å²) >= 11 is 0. The molecule has 0 spiro atoms. The SMILES string of the molecule is C=CCOC(=O)NCCCCC(=O)N1CCN(C(C)=O)CC1. The van der Waals surface area contributed by atoms with Crippen LogP contribution in [0.4, 0.5) is 4.79 Å². The van der Waals surface area contributed by atoms with Crippen LogP contribution < -0.4 is 5.32 Å². The normalized spacial score (nSPS) is 14.4. The Bertz CT molecular complexity index is 404. The van der Waals surface area contributed by atoms with Gasteiger partial charge in [-0.3, -0.25) is 9.59 Å². The van der Waals surface area contributed by atoms with Crippen molar-refractivity contribution >= 4 is 17.9 Å². The lowest BCUT2D eigenvalue weighted by Crippen LogP contribution is -2.50. The summed E-state index contributed by atoms with van der Waals surface area (Å²) in [6, 6.07) is 0. The second-order valence-corrected chi connectivity index (χ2v) is 5.16. The van der Waals surface area contributed by atoms with Crippen molar-refractivity contribution in [1.29, 1.82) is 0 Å². The van der Waals surface area contributed by atoms with Gasteiger partial charge in [0.05, 0.1) is 0 Å². The summed E-state index contributed by atoms with van der Waals surface area (Å²) < 4.78 is 4.77. The van der Waals surface area contributed by atoms with Crippen molar-refractivity contribution in [2.45, 2.75) is 26.2 Å². The van der Waals surface area contributed by atoms with Gasteiger partial charge in [-0.1, -0.05) is 12.7 Å². The van der Waals surface area contributed by atoms with Gasteiger partial charge in [0.1, 0.15) is 6.61 Å². The fraction of sp³-hybridized carbons (Fsp3) is 0.667. The van der Waals surface area contributed by atoms with E-state index in [0.29, 0.717) is 45.6 Å². The molecule has 22 heavy (non-hydrogen) atoms. The molecular weight excluding hydrogens is 286 g/mol. The first kappa shape index (κ1) is 18.0. The Balaban J connectivity index is 2.08. The monoisotopic (exact) mass is 311 g/mol. The lowest BCUT2D eigenvalue weighted by Gasteiger charge is -2.34. The number of nitrogens with zero attached hydrogens (tertiary/aromatic N) is 2. The molecule has 0 aromatic rings. The van der Waals surface area contributed by atoms with Crippen LogP contribution in [0.2, 0.25) is 0 Å². The van der Waals surface area contributed by atoms with Crippen molar-refractivity contribution in [2.75, 3.05) is 39.3 Å². The predicted octanol–water partition coefficient (Wildman–Crippen LogP) is 0.760. The molecule has 0 saturated carbocycles. The van der Waals surface area contributed by atoms with Crippen LogP contribution in [-0.4, -0.2) is 67.0 Å². The summed E-state index contributed by atoms with van der Waals surface area (Å²) in [6.07, 6.45) is 2.94. The van der Waals surface area contributed by atoms with E-state index >= 15 is 0 Å². The van der Waals surface area contributed by atoms with E-state index in [9.17, 15) is 14.4 Å². The minimum absolute atomic E-state index is 0.0570. The van der Waals surface area contributed by atoms with Gasteiger partial charge >= 0.3 is 6.09 Å². The molecule has 124 valence electrons. The Hall–Kier alpha value is -2.05. The zero-order valence-corrected chi connectivity index (χ0v) is 13.2. The lowest BCUT2D eigenvalue weighted by molar-refractivity contribution is -0.138. The molecule has 1 N–H and O–H groups in total. The number of ether oxygens (including phenoxy) is 1. The molecule has 1 rings (SSSR count). The maximum atomic E-state index is 12.0. The van der Waals surface area contributed by atoms with Gasteiger partial charge in [-0.15, -0.1) is 0 Å². The summed E-state index contributed by atoms with van der Waals surface area (Å²) in [5.74, 6) is 0.166. The van der Waals surface area contributed by atoms with Crippen molar-refractivity contribution in [3.05, 3.63) is 12.7 Å². The number of nitrogens with one attached hydrogen (secondary N) is 1. The molecule has 3 amide bonds. The Morgan fingerprint density at radius 2 is 1.77 bits per heavy atom. The molecule has 0 atom stereocenters. The Morgan fingerprint density at radius 1 is 1.14 bits per heavy atom. The largest absolute Gasteiger partial charge is 0.445 e. The van der Waals surface area contributed by atoms with Gasteiger partial charge in [-0.25, -0.2) is 4.79 Å². The summed E-state index contributed by atoms with van der Waals surface area (Å²) in [4.78, 5) is 37.9. The van der Waals surface area contributed by atoms with Gasteiger partial charge in [0.2, 0.25) is 11.8 Å². The minimum Gasteiger partial charge on any atom is -0.445 e. The summed E-state index contributed by atoms with van der Waals surface area (Å²) in [7, 11) is 0. The van der Waals surface area contributed by atoms with Gasteiger partial charge < -0.3 is 19.9 Å². The molecule has 1 fully saturated rings. The van der Waals surface area contributed by atoms with Crippen LogP contribution in [0.3, 0.4) is 0 Å². The van der Waals surface area contributed by atoms with Crippen molar-refractivity contribution in [3.8, 4) is 0 Å². The lowest BCUT2D eigenvalue weighted by atomic mass is 10.2. The number of alkyl carbamates (subject to hydrolysis) is 1. The summed E-state index contributed by atoms with van der Waals surface area (Å²) in [5, 5.41) is 2.61. The summed E-state index contributed by atoms with van der Waals surface area (Å²) in [5.41, 5.74) is 0. The molecule has 7 heteroatoms. The molecular formula is C15H25N3O4. The molecule has 0 unspecified atom stereocenters. The molecule has 0 aliphatic carbocycles. The predicted molar refractivity (Wildman–Crippen MR) is 82.2 cm³/mol. The van der Waals surface area contributed by atoms with Crippen LogP contribution in [0.5, 0.6) is 0 Å². The number of carbonyl (C=O) groups excluding carboxylic acids is 3. The topological polar surface area (TPSA) is 79.0 Å².